The van der Waals surface area contributed by atoms with E-state index in [1.807, 2.05) is 67.6 Å². The number of hydrogen-bond donors (Lipinski definition) is 1. The number of benzene rings is 4. The molecule has 7 nitrogen and oxygen atoms in total. The maximum absolute atomic E-state index is 14.4. The summed E-state index contributed by atoms with van der Waals surface area (Å²) in [6.07, 6.45) is 1.91. The molecule has 0 bridgehead atoms. The Labute approximate surface area is 269 Å². The van der Waals surface area contributed by atoms with Crippen molar-refractivity contribution in [2.45, 2.75) is 43.7 Å². The molecule has 2 amide bonds. The third kappa shape index (κ3) is 8.62. The fourth-order valence-electron chi connectivity index (χ4n) is 4.75. The van der Waals surface area contributed by atoms with Crippen LogP contribution >= 0.6 is 23.2 Å². The molecule has 1 N–H and O–H groups in total. The number of nitrogens with one attached hydrogen (secondary N) is 1. The Hall–Kier alpha value is -3.85. The molecule has 0 unspecified atom stereocenters. The molecule has 0 heterocycles. The maximum atomic E-state index is 14.4. The summed E-state index contributed by atoms with van der Waals surface area (Å²) in [6.45, 7) is 1.96. The third-order valence-electron chi connectivity index (χ3n) is 7.08. The maximum Gasteiger partial charge on any atom is 0.264 e. The van der Waals surface area contributed by atoms with Gasteiger partial charge in [0, 0.05) is 24.5 Å². The van der Waals surface area contributed by atoms with Crippen molar-refractivity contribution in [3.05, 3.63) is 130 Å². The number of carbonyl (C=O) groups is 2. The zero-order valence-electron chi connectivity index (χ0n) is 24.4. The normalized spacial score (nSPS) is 11.9. The zero-order chi connectivity index (χ0) is 31.5. The van der Waals surface area contributed by atoms with Crippen molar-refractivity contribution in [3.8, 4) is 0 Å². The first-order valence-electron chi connectivity index (χ1n) is 14.4. The van der Waals surface area contributed by atoms with Gasteiger partial charge in [0.2, 0.25) is 11.8 Å². The Morgan fingerprint density at radius 2 is 1.41 bits per heavy atom. The van der Waals surface area contributed by atoms with Gasteiger partial charge in [0.05, 0.1) is 15.6 Å². The lowest BCUT2D eigenvalue weighted by Gasteiger charge is -2.34. The van der Waals surface area contributed by atoms with Gasteiger partial charge in [-0.1, -0.05) is 115 Å². The summed E-state index contributed by atoms with van der Waals surface area (Å²) >= 11 is 12.8. The van der Waals surface area contributed by atoms with Crippen molar-refractivity contribution in [2.24, 2.45) is 0 Å². The van der Waals surface area contributed by atoms with E-state index in [-0.39, 0.29) is 39.5 Å². The van der Waals surface area contributed by atoms with E-state index in [9.17, 15) is 18.0 Å². The molecule has 0 aromatic heterocycles. The lowest BCUT2D eigenvalue weighted by molar-refractivity contribution is -0.140. The lowest BCUT2D eigenvalue weighted by atomic mass is 10.0. The quantitative estimate of drug-likeness (QED) is 0.153. The summed E-state index contributed by atoms with van der Waals surface area (Å²) in [5, 5.41) is 3.34. The average molecular weight is 653 g/mol. The van der Waals surface area contributed by atoms with E-state index in [2.05, 4.69) is 5.32 Å². The monoisotopic (exact) mass is 651 g/mol. The molecule has 0 aliphatic rings. The topological polar surface area (TPSA) is 86.8 Å². The van der Waals surface area contributed by atoms with Gasteiger partial charge in [-0.15, -0.1) is 0 Å². The molecule has 230 valence electrons. The van der Waals surface area contributed by atoms with Gasteiger partial charge in [-0.05, 0) is 47.9 Å². The van der Waals surface area contributed by atoms with Gasteiger partial charge in [0.1, 0.15) is 12.6 Å². The zero-order valence-corrected chi connectivity index (χ0v) is 26.7. The van der Waals surface area contributed by atoms with Crippen LogP contribution in [0.3, 0.4) is 0 Å². The van der Waals surface area contributed by atoms with Crippen LogP contribution in [0.4, 0.5) is 5.69 Å². The standard InChI is InChI=1S/C34H35Cl2N3O4S/c1-2-3-21-37-34(41)32(22-26-13-7-4-8-14-26)38(24-27-15-9-5-10-16-27)33(40)25-39(31-23-28(35)19-20-30(31)36)44(42,43)29-17-11-6-12-18-29/h4-20,23,32H,2-3,21-22,24-25H2,1H3,(H,37,41)/t32-/m1/s1. The van der Waals surface area contributed by atoms with Crippen LogP contribution in [0.1, 0.15) is 30.9 Å². The largest absolute Gasteiger partial charge is 0.354 e. The fourth-order valence-corrected chi connectivity index (χ4v) is 6.63. The van der Waals surface area contributed by atoms with E-state index < -0.39 is 28.5 Å². The Kier molecular flexibility index (Phi) is 11.8. The first-order chi connectivity index (χ1) is 21.2. The van der Waals surface area contributed by atoms with Crippen LogP contribution in [0.5, 0.6) is 0 Å². The molecule has 44 heavy (non-hydrogen) atoms. The summed E-state index contributed by atoms with van der Waals surface area (Å²) in [4.78, 5) is 29.6. The summed E-state index contributed by atoms with van der Waals surface area (Å²) in [7, 11) is -4.28. The number of carbonyl (C=O) groups excluding carboxylic acids is 2. The van der Waals surface area contributed by atoms with Crippen molar-refractivity contribution in [2.75, 3.05) is 17.4 Å². The molecule has 4 aromatic carbocycles. The van der Waals surface area contributed by atoms with Crippen LogP contribution in [0.15, 0.2) is 114 Å². The highest BCUT2D eigenvalue weighted by Crippen LogP contribution is 2.33. The van der Waals surface area contributed by atoms with Gasteiger partial charge < -0.3 is 10.2 Å². The van der Waals surface area contributed by atoms with E-state index in [4.69, 9.17) is 23.2 Å². The number of sulfonamides is 1. The molecule has 1 atom stereocenters. The molecule has 0 aliphatic heterocycles. The van der Waals surface area contributed by atoms with Crippen molar-refractivity contribution < 1.29 is 18.0 Å². The van der Waals surface area contributed by atoms with Gasteiger partial charge >= 0.3 is 0 Å². The molecule has 0 saturated heterocycles. The van der Waals surface area contributed by atoms with Crippen LogP contribution < -0.4 is 9.62 Å². The predicted molar refractivity (Wildman–Crippen MR) is 176 cm³/mol. The number of anilines is 1. The first kappa shape index (κ1) is 33.1. The number of unbranched alkanes of at least 4 members (excludes halogenated alkanes) is 1. The second-order valence-electron chi connectivity index (χ2n) is 10.3. The highest BCUT2D eigenvalue weighted by molar-refractivity contribution is 7.92. The highest BCUT2D eigenvalue weighted by atomic mass is 35.5. The second kappa shape index (κ2) is 15.7. The average Bonchev–Trinajstić information content (AvgIpc) is 3.04. The minimum Gasteiger partial charge on any atom is -0.354 e. The Morgan fingerprint density at radius 3 is 2.02 bits per heavy atom. The van der Waals surface area contributed by atoms with Crippen LogP contribution in [-0.2, 0) is 32.6 Å². The highest BCUT2D eigenvalue weighted by Gasteiger charge is 2.35. The van der Waals surface area contributed by atoms with E-state index in [1.165, 1.54) is 29.2 Å². The summed E-state index contributed by atoms with van der Waals surface area (Å²) in [5.41, 5.74) is 1.71. The second-order valence-corrected chi connectivity index (χ2v) is 13.0. The van der Waals surface area contributed by atoms with E-state index >= 15 is 0 Å². The molecule has 0 fully saturated rings. The smallest absolute Gasteiger partial charge is 0.264 e. The molecule has 4 aromatic rings. The molecule has 0 aliphatic carbocycles. The molecule has 10 heteroatoms. The summed E-state index contributed by atoms with van der Waals surface area (Å²) < 4.78 is 29.1. The van der Waals surface area contributed by atoms with Crippen molar-refractivity contribution >= 4 is 50.7 Å². The van der Waals surface area contributed by atoms with E-state index in [1.54, 1.807) is 24.3 Å². The lowest BCUT2D eigenvalue weighted by Crippen LogP contribution is -2.53. The van der Waals surface area contributed by atoms with Crippen LogP contribution in [0.25, 0.3) is 0 Å². The Balaban J connectivity index is 1.79. The van der Waals surface area contributed by atoms with Gasteiger partial charge in [-0.2, -0.15) is 0 Å². The number of hydrogen-bond acceptors (Lipinski definition) is 4. The molecular weight excluding hydrogens is 617 g/mol. The molecular formula is C34H35Cl2N3O4S. The SMILES string of the molecule is CCCCNC(=O)[C@@H](Cc1ccccc1)N(Cc1ccccc1)C(=O)CN(c1cc(Cl)ccc1Cl)S(=O)(=O)c1ccccc1. The Bertz CT molecular complexity index is 1640. The molecule has 0 spiro atoms. The number of halogens is 2. The van der Waals surface area contributed by atoms with Crippen molar-refractivity contribution in [1.82, 2.24) is 10.2 Å². The summed E-state index contributed by atoms with van der Waals surface area (Å²) in [6, 6.07) is 30.1. The van der Waals surface area contributed by atoms with Crippen LogP contribution in [0, 0.1) is 0 Å². The number of nitrogens with zero attached hydrogens (tertiary/aromatic N) is 2. The minimum absolute atomic E-state index is 0.0170. The first-order valence-corrected chi connectivity index (χ1v) is 16.6. The predicted octanol–water partition coefficient (Wildman–Crippen LogP) is 6.75. The van der Waals surface area contributed by atoms with Gasteiger partial charge in [-0.3, -0.25) is 13.9 Å². The van der Waals surface area contributed by atoms with E-state index in [0.29, 0.717) is 6.54 Å². The number of rotatable bonds is 14. The van der Waals surface area contributed by atoms with E-state index in [0.717, 1.165) is 28.3 Å². The van der Waals surface area contributed by atoms with Crippen molar-refractivity contribution in [1.29, 1.82) is 0 Å². The third-order valence-corrected chi connectivity index (χ3v) is 9.41. The molecule has 4 rings (SSSR count). The Morgan fingerprint density at radius 1 is 0.818 bits per heavy atom. The summed E-state index contributed by atoms with van der Waals surface area (Å²) in [5.74, 6) is -0.888. The fraction of sp³-hybridized carbons (Fsp3) is 0.235. The van der Waals surface area contributed by atoms with Crippen LogP contribution in [-0.4, -0.2) is 44.3 Å². The molecule has 0 saturated carbocycles. The van der Waals surface area contributed by atoms with Crippen LogP contribution in [0.2, 0.25) is 10.0 Å². The molecule has 0 radical (unpaired) electrons. The van der Waals surface area contributed by atoms with Gasteiger partial charge in [0.15, 0.2) is 0 Å². The minimum atomic E-state index is -4.28. The van der Waals surface area contributed by atoms with Gasteiger partial charge in [0.25, 0.3) is 10.0 Å². The number of amides is 2. The van der Waals surface area contributed by atoms with Crippen molar-refractivity contribution in [3.63, 3.8) is 0 Å². The van der Waals surface area contributed by atoms with Gasteiger partial charge in [-0.25, -0.2) is 8.42 Å².